The minimum absolute atomic E-state index is 0.102. The van der Waals surface area contributed by atoms with Crippen molar-refractivity contribution in [3.63, 3.8) is 0 Å². The standard InChI is InChI=1S/C17H18O5/c1-21-12-8-6-11(16(10-12)22-2)7-9-15(20)17-13(18)4-3-5-14(17)19/h6-10,18H,3-5H2,1-2H3. The van der Waals surface area contributed by atoms with Gasteiger partial charge in [-0.05, 0) is 30.7 Å². The molecular weight excluding hydrogens is 284 g/mol. The van der Waals surface area contributed by atoms with E-state index in [2.05, 4.69) is 0 Å². The zero-order valence-corrected chi connectivity index (χ0v) is 12.6. The molecule has 116 valence electrons. The number of hydrogen-bond donors (Lipinski definition) is 1. The van der Waals surface area contributed by atoms with E-state index in [0.29, 0.717) is 36.3 Å². The van der Waals surface area contributed by atoms with Crippen LogP contribution in [0.5, 0.6) is 11.5 Å². The van der Waals surface area contributed by atoms with Gasteiger partial charge in [-0.15, -0.1) is 0 Å². The van der Waals surface area contributed by atoms with Gasteiger partial charge < -0.3 is 14.6 Å². The molecule has 0 heterocycles. The third-order valence-corrected chi connectivity index (χ3v) is 3.49. The van der Waals surface area contributed by atoms with Crippen molar-refractivity contribution in [3.8, 4) is 11.5 Å². The summed E-state index contributed by atoms with van der Waals surface area (Å²) in [4.78, 5) is 23.9. The van der Waals surface area contributed by atoms with Crippen LogP contribution in [0.4, 0.5) is 0 Å². The molecule has 1 N–H and O–H groups in total. The molecule has 0 bridgehead atoms. The predicted molar refractivity (Wildman–Crippen MR) is 82.1 cm³/mol. The van der Waals surface area contributed by atoms with E-state index < -0.39 is 5.78 Å². The summed E-state index contributed by atoms with van der Waals surface area (Å²) in [5, 5.41) is 9.74. The summed E-state index contributed by atoms with van der Waals surface area (Å²) in [7, 11) is 3.07. The Morgan fingerprint density at radius 2 is 2.00 bits per heavy atom. The third kappa shape index (κ3) is 3.36. The van der Waals surface area contributed by atoms with Gasteiger partial charge in [-0.1, -0.05) is 0 Å². The van der Waals surface area contributed by atoms with Gasteiger partial charge in [-0.25, -0.2) is 0 Å². The molecular formula is C17H18O5. The normalized spacial score (nSPS) is 15.3. The number of ketones is 2. The fourth-order valence-corrected chi connectivity index (χ4v) is 2.31. The zero-order chi connectivity index (χ0) is 16.1. The van der Waals surface area contributed by atoms with Crippen LogP contribution in [0.25, 0.3) is 6.08 Å². The number of carbonyl (C=O) groups is 2. The first-order chi connectivity index (χ1) is 10.6. The van der Waals surface area contributed by atoms with Gasteiger partial charge in [0.2, 0.25) is 0 Å². The lowest BCUT2D eigenvalue weighted by atomic mass is 9.93. The van der Waals surface area contributed by atoms with Crippen molar-refractivity contribution in [2.75, 3.05) is 14.2 Å². The Morgan fingerprint density at radius 1 is 1.23 bits per heavy atom. The predicted octanol–water partition coefficient (Wildman–Crippen LogP) is 2.85. The van der Waals surface area contributed by atoms with Gasteiger partial charge in [0, 0.05) is 24.5 Å². The highest BCUT2D eigenvalue weighted by molar-refractivity contribution is 6.25. The summed E-state index contributed by atoms with van der Waals surface area (Å²) in [5.41, 5.74) is 0.579. The maximum absolute atomic E-state index is 12.1. The number of aliphatic hydroxyl groups excluding tert-OH is 1. The number of aliphatic hydroxyl groups is 1. The number of Topliss-reactive ketones (excluding diaryl/α,β-unsaturated/α-hetero) is 1. The Labute approximate surface area is 128 Å². The summed E-state index contributed by atoms with van der Waals surface area (Å²) in [6, 6.07) is 5.19. The molecule has 2 rings (SSSR count). The van der Waals surface area contributed by atoms with E-state index in [4.69, 9.17) is 9.47 Å². The summed E-state index contributed by atoms with van der Waals surface area (Å²) in [5.74, 6) is 0.285. The quantitative estimate of drug-likeness (QED) is 0.669. The first-order valence-corrected chi connectivity index (χ1v) is 6.96. The van der Waals surface area contributed by atoms with Gasteiger partial charge in [-0.2, -0.15) is 0 Å². The van der Waals surface area contributed by atoms with Gasteiger partial charge in [0.25, 0.3) is 0 Å². The van der Waals surface area contributed by atoms with E-state index in [0.717, 1.165) is 0 Å². The van der Waals surface area contributed by atoms with Crippen molar-refractivity contribution in [1.29, 1.82) is 0 Å². The summed E-state index contributed by atoms with van der Waals surface area (Å²) in [6.07, 6.45) is 4.08. The third-order valence-electron chi connectivity index (χ3n) is 3.49. The maximum Gasteiger partial charge on any atom is 0.192 e. The highest BCUT2D eigenvalue weighted by Crippen LogP contribution is 2.26. The minimum Gasteiger partial charge on any atom is -0.511 e. The molecule has 0 radical (unpaired) electrons. The number of carbonyl (C=O) groups excluding carboxylic acids is 2. The van der Waals surface area contributed by atoms with Crippen LogP contribution in [0.2, 0.25) is 0 Å². The molecule has 1 aliphatic rings. The van der Waals surface area contributed by atoms with Crippen LogP contribution >= 0.6 is 0 Å². The number of hydrogen-bond acceptors (Lipinski definition) is 5. The molecule has 1 aromatic rings. The summed E-state index contributed by atoms with van der Waals surface area (Å²) < 4.78 is 10.3. The fraction of sp³-hybridized carbons (Fsp3) is 0.294. The Bertz CT molecular complexity index is 655. The molecule has 0 saturated carbocycles. The van der Waals surface area contributed by atoms with Crippen LogP contribution in [0.15, 0.2) is 35.6 Å². The first kappa shape index (κ1) is 15.8. The Morgan fingerprint density at radius 3 is 2.64 bits per heavy atom. The second-order valence-electron chi connectivity index (χ2n) is 4.90. The maximum atomic E-state index is 12.1. The molecule has 0 atom stereocenters. The average molecular weight is 302 g/mol. The van der Waals surface area contributed by atoms with Gasteiger partial charge in [0.05, 0.1) is 14.2 Å². The molecule has 22 heavy (non-hydrogen) atoms. The van der Waals surface area contributed by atoms with Crippen LogP contribution in [0.1, 0.15) is 24.8 Å². The van der Waals surface area contributed by atoms with Crippen LogP contribution in [-0.4, -0.2) is 30.9 Å². The highest BCUT2D eigenvalue weighted by Gasteiger charge is 2.24. The molecule has 0 saturated heterocycles. The molecule has 5 nitrogen and oxygen atoms in total. The van der Waals surface area contributed by atoms with Crippen molar-refractivity contribution in [3.05, 3.63) is 41.2 Å². The van der Waals surface area contributed by atoms with Crippen LogP contribution < -0.4 is 9.47 Å². The molecule has 0 fully saturated rings. The monoisotopic (exact) mass is 302 g/mol. The second kappa shape index (κ2) is 6.93. The van der Waals surface area contributed by atoms with Gasteiger partial charge >= 0.3 is 0 Å². The highest BCUT2D eigenvalue weighted by atomic mass is 16.5. The van der Waals surface area contributed by atoms with E-state index >= 15 is 0 Å². The average Bonchev–Trinajstić information content (AvgIpc) is 2.52. The number of methoxy groups -OCH3 is 2. The molecule has 0 unspecified atom stereocenters. The lowest BCUT2D eigenvalue weighted by Gasteiger charge is -2.12. The van der Waals surface area contributed by atoms with E-state index in [1.54, 1.807) is 31.4 Å². The molecule has 0 aromatic heterocycles. The number of ether oxygens (including phenoxy) is 2. The van der Waals surface area contributed by atoms with Crippen LogP contribution in [-0.2, 0) is 9.59 Å². The van der Waals surface area contributed by atoms with Crippen molar-refractivity contribution >= 4 is 17.6 Å². The van der Waals surface area contributed by atoms with E-state index in [-0.39, 0.29) is 17.1 Å². The number of benzene rings is 1. The lowest BCUT2D eigenvalue weighted by Crippen LogP contribution is -2.17. The molecule has 1 aromatic carbocycles. The van der Waals surface area contributed by atoms with Crippen molar-refractivity contribution in [2.45, 2.75) is 19.3 Å². The zero-order valence-electron chi connectivity index (χ0n) is 12.6. The fourth-order valence-electron chi connectivity index (χ4n) is 2.31. The largest absolute Gasteiger partial charge is 0.511 e. The van der Waals surface area contributed by atoms with E-state index in [1.165, 1.54) is 13.2 Å². The Hall–Kier alpha value is -2.56. The molecule has 0 amide bonds. The molecule has 1 aliphatic carbocycles. The smallest absolute Gasteiger partial charge is 0.192 e. The summed E-state index contributed by atoms with van der Waals surface area (Å²) >= 11 is 0. The first-order valence-electron chi connectivity index (χ1n) is 6.96. The van der Waals surface area contributed by atoms with Gasteiger partial charge in [0.1, 0.15) is 22.8 Å². The molecule has 0 aliphatic heterocycles. The van der Waals surface area contributed by atoms with E-state index in [1.807, 2.05) is 0 Å². The van der Waals surface area contributed by atoms with E-state index in [9.17, 15) is 14.7 Å². The van der Waals surface area contributed by atoms with Crippen molar-refractivity contribution in [1.82, 2.24) is 0 Å². The second-order valence-corrected chi connectivity index (χ2v) is 4.90. The van der Waals surface area contributed by atoms with Crippen LogP contribution in [0, 0.1) is 0 Å². The SMILES string of the molecule is COc1ccc(C=CC(=O)C2=C(O)CCCC2=O)c(OC)c1. The number of allylic oxidation sites excluding steroid dienone is 3. The minimum atomic E-state index is -0.486. The molecule has 5 heteroatoms. The van der Waals surface area contributed by atoms with Crippen molar-refractivity contribution in [2.24, 2.45) is 0 Å². The van der Waals surface area contributed by atoms with Crippen LogP contribution in [0.3, 0.4) is 0 Å². The summed E-state index contributed by atoms with van der Waals surface area (Å²) in [6.45, 7) is 0. The lowest BCUT2D eigenvalue weighted by molar-refractivity contribution is -0.120. The van der Waals surface area contributed by atoms with Gasteiger partial charge in [0.15, 0.2) is 11.6 Å². The molecule has 0 spiro atoms. The topological polar surface area (TPSA) is 72.8 Å². The number of rotatable bonds is 5. The van der Waals surface area contributed by atoms with Gasteiger partial charge in [-0.3, -0.25) is 9.59 Å². The Balaban J connectivity index is 2.25. The van der Waals surface area contributed by atoms with Crippen molar-refractivity contribution < 1.29 is 24.2 Å². The Kier molecular flexibility index (Phi) is 4.99.